The van der Waals surface area contributed by atoms with Gasteiger partial charge < -0.3 is 10.2 Å². The Kier molecular flexibility index (Phi) is 6.01. The summed E-state index contributed by atoms with van der Waals surface area (Å²) in [4.78, 5) is 31.6. The highest BCUT2D eigenvalue weighted by Crippen LogP contribution is 2.37. The Hall–Kier alpha value is -2.90. The maximum atomic E-state index is 14.3. The SMILES string of the molecule is O=C(NCc1cccnc1)c1ccc2c(c1)N(Cc1c(F)cccc1Cl)C(=O)CS2. The molecule has 2 aromatic carbocycles. The molecule has 1 aliphatic heterocycles. The van der Waals surface area contributed by atoms with Gasteiger partial charge in [0.1, 0.15) is 5.82 Å². The van der Waals surface area contributed by atoms with E-state index in [0.717, 1.165) is 10.5 Å². The lowest BCUT2D eigenvalue weighted by Crippen LogP contribution is -2.35. The van der Waals surface area contributed by atoms with Crippen LogP contribution in [-0.2, 0) is 17.9 Å². The Balaban J connectivity index is 1.59. The fourth-order valence-electron chi connectivity index (χ4n) is 3.15. The largest absolute Gasteiger partial charge is 0.348 e. The lowest BCUT2D eigenvalue weighted by molar-refractivity contribution is -0.116. The molecule has 152 valence electrons. The van der Waals surface area contributed by atoms with Crippen molar-refractivity contribution in [1.29, 1.82) is 0 Å². The number of hydrogen-bond acceptors (Lipinski definition) is 4. The zero-order valence-corrected chi connectivity index (χ0v) is 17.3. The monoisotopic (exact) mass is 441 g/mol. The van der Waals surface area contributed by atoms with Crippen LogP contribution < -0.4 is 10.2 Å². The summed E-state index contributed by atoms with van der Waals surface area (Å²) in [6.45, 7) is 0.338. The number of aromatic nitrogens is 1. The molecule has 1 aromatic heterocycles. The number of thioether (sulfide) groups is 1. The quantitative estimate of drug-likeness (QED) is 0.635. The number of carbonyl (C=O) groups is 2. The summed E-state index contributed by atoms with van der Waals surface area (Å²) in [5, 5.41) is 3.10. The molecule has 2 amide bonds. The van der Waals surface area contributed by atoms with Crippen molar-refractivity contribution in [2.45, 2.75) is 18.0 Å². The van der Waals surface area contributed by atoms with Crippen LogP contribution in [0.4, 0.5) is 10.1 Å². The standard InChI is InChI=1S/C22H17ClFN3O2S/c23-17-4-1-5-18(24)16(17)12-27-19-9-15(6-7-20(19)30-13-21(27)28)22(29)26-11-14-3-2-8-25-10-14/h1-10H,11-13H2,(H,26,29). The smallest absolute Gasteiger partial charge is 0.251 e. The minimum atomic E-state index is -0.472. The lowest BCUT2D eigenvalue weighted by Gasteiger charge is -2.30. The molecule has 30 heavy (non-hydrogen) atoms. The number of rotatable bonds is 5. The van der Waals surface area contributed by atoms with Gasteiger partial charge in [0, 0.05) is 40.0 Å². The Labute approximate surface area is 182 Å². The minimum absolute atomic E-state index is 0.00133. The molecular weight excluding hydrogens is 425 g/mol. The molecule has 0 saturated carbocycles. The molecule has 0 bridgehead atoms. The summed E-state index contributed by atoms with van der Waals surface area (Å²) >= 11 is 7.54. The maximum absolute atomic E-state index is 14.3. The summed E-state index contributed by atoms with van der Waals surface area (Å²) in [5.41, 5.74) is 2.12. The molecule has 0 saturated heterocycles. The number of nitrogens with zero attached hydrogens (tertiary/aromatic N) is 2. The fraction of sp³-hybridized carbons (Fsp3) is 0.136. The van der Waals surface area contributed by atoms with E-state index in [1.807, 2.05) is 6.07 Å². The van der Waals surface area contributed by atoms with Gasteiger partial charge in [-0.15, -0.1) is 11.8 Å². The van der Waals surface area contributed by atoms with Crippen molar-refractivity contribution < 1.29 is 14.0 Å². The number of anilines is 1. The van der Waals surface area contributed by atoms with Gasteiger partial charge in [-0.25, -0.2) is 4.39 Å². The third kappa shape index (κ3) is 4.32. The summed E-state index contributed by atoms with van der Waals surface area (Å²) in [5.74, 6) is -0.667. The van der Waals surface area contributed by atoms with E-state index in [-0.39, 0.29) is 34.7 Å². The molecular formula is C22H17ClFN3O2S. The molecule has 4 rings (SSSR count). The maximum Gasteiger partial charge on any atom is 0.251 e. The molecule has 0 atom stereocenters. The number of benzene rings is 2. The number of amides is 2. The van der Waals surface area contributed by atoms with Crippen LogP contribution in [0, 0.1) is 5.82 Å². The molecule has 1 aliphatic rings. The highest BCUT2D eigenvalue weighted by Gasteiger charge is 2.27. The van der Waals surface area contributed by atoms with Crippen molar-refractivity contribution in [3.05, 3.63) is 88.5 Å². The number of halogens is 2. The Morgan fingerprint density at radius 2 is 2.10 bits per heavy atom. The first-order valence-electron chi connectivity index (χ1n) is 9.20. The zero-order valence-electron chi connectivity index (χ0n) is 15.8. The first-order valence-corrected chi connectivity index (χ1v) is 10.6. The first-order chi connectivity index (χ1) is 14.5. The van der Waals surface area contributed by atoms with Crippen LogP contribution in [0.1, 0.15) is 21.5 Å². The van der Waals surface area contributed by atoms with E-state index >= 15 is 0 Å². The predicted molar refractivity (Wildman–Crippen MR) is 115 cm³/mol. The van der Waals surface area contributed by atoms with Crippen LogP contribution in [0.25, 0.3) is 0 Å². The number of pyridine rings is 1. The Bertz CT molecular complexity index is 1090. The van der Waals surface area contributed by atoms with Gasteiger partial charge >= 0.3 is 0 Å². The van der Waals surface area contributed by atoms with Gasteiger partial charge in [-0.2, -0.15) is 0 Å². The van der Waals surface area contributed by atoms with E-state index in [9.17, 15) is 14.0 Å². The van der Waals surface area contributed by atoms with Crippen molar-refractivity contribution >= 4 is 40.9 Å². The normalized spacial score (nSPS) is 13.1. The second kappa shape index (κ2) is 8.85. The molecule has 0 radical (unpaired) electrons. The molecule has 1 N–H and O–H groups in total. The number of fused-ring (bicyclic) bond motifs is 1. The van der Waals surface area contributed by atoms with Crippen molar-refractivity contribution in [3.63, 3.8) is 0 Å². The first kappa shape index (κ1) is 20.4. The fourth-order valence-corrected chi connectivity index (χ4v) is 4.28. The number of carbonyl (C=O) groups excluding carboxylic acids is 2. The van der Waals surface area contributed by atoms with E-state index in [2.05, 4.69) is 10.3 Å². The van der Waals surface area contributed by atoms with Gasteiger partial charge in [0.2, 0.25) is 5.91 Å². The second-order valence-electron chi connectivity index (χ2n) is 6.70. The van der Waals surface area contributed by atoms with Crippen molar-refractivity contribution in [2.75, 3.05) is 10.7 Å². The van der Waals surface area contributed by atoms with Gasteiger partial charge in [-0.05, 0) is 42.0 Å². The number of hydrogen-bond donors (Lipinski definition) is 1. The summed E-state index contributed by atoms with van der Waals surface area (Å²) in [6.07, 6.45) is 3.35. The van der Waals surface area contributed by atoms with Crippen LogP contribution in [0.2, 0.25) is 5.02 Å². The third-order valence-corrected chi connectivity index (χ3v) is 6.12. The van der Waals surface area contributed by atoms with Crippen molar-refractivity contribution in [2.24, 2.45) is 0 Å². The average molecular weight is 442 g/mol. The molecule has 0 spiro atoms. The highest BCUT2D eigenvalue weighted by atomic mass is 35.5. The van der Waals surface area contributed by atoms with Crippen molar-refractivity contribution in [3.8, 4) is 0 Å². The molecule has 5 nitrogen and oxygen atoms in total. The van der Waals surface area contributed by atoms with Crippen LogP contribution in [0.5, 0.6) is 0 Å². The van der Waals surface area contributed by atoms with E-state index in [0.29, 0.717) is 17.8 Å². The minimum Gasteiger partial charge on any atom is -0.348 e. The van der Waals surface area contributed by atoms with E-state index in [1.165, 1.54) is 28.8 Å². The molecule has 3 aromatic rings. The molecule has 0 unspecified atom stereocenters. The Morgan fingerprint density at radius 3 is 2.87 bits per heavy atom. The third-order valence-electron chi connectivity index (χ3n) is 4.72. The van der Waals surface area contributed by atoms with E-state index in [1.54, 1.807) is 42.7 Å². The molecule has 8 heteroatoms. The predicted octanol–water partition coefficient (Wildman–Crippen LogP) is 4.44. The topological polar surface area (TPSA) is 62.3 Å². The molecule has 0 aliphatic carbocycles. The van der Waals surface area contributed by atoms with Gasteiger partial charge in [-0.3, -0.25) is 14.6 Å². The molecule has 0 fully saturated rings. The lowest BCUT2D eigenvalue weighted by atomic mass is 10.1. The van der Waals surface area contributed by atoms with Crippen molar-refractivity contribution in [1.82, 2.24) is 10.3 Å². The van der Waals surface area contributed by atoms with Gasteiger partial charge in [-0.1, -0.05) is 23.7 Å². The average Bonchev–Trinajstić information content (AvgIpc) is 2.76. The van der Waals surface area contributed by atoms with Crippen LogP contribution in [0.3, 0.4) is 0 Å². The number of nitrogens with one attached hydrogen (secondary N) is 1. The van der Waals surface area contributed by atoms with Crippen LogP contribution in [-0.4, -0.2) is 22.6 Å². The van der Waals surface area contributed by atoms with Gasteiger partial charge in [0.15, 0.2) is 0 Å². The highest BCUT2D eigenvalue weighted by molar-refractivity contribution is 8.00. The van der Waals surface area contributed by atoms with E-state index in [4.69, 9.17) is 11.6 Å². The Morgan fingerprint density at radius 1 is 1.23 bits per heavy atom. The summed E-state index contributed by atoms with van der Waals surface area (Å²) in [7, 11) is 0. The summed E-state index contributed by atoms with van der Waals surface area (Å²) in [6, 6.07) is 13.3. The summed E-state index contributed by atoms with van der Waals surface area (Å²) < 4.78 is 14.3. The zero-order chi connectivity index (χ0) is 21.1. The van der Waals surface area contributed by atoms with Gasteiger partial charge in [0.25, 0.3) is 5.91 Å². The molecule has 2 heterocycles. The van der Waals surface area contributed by atoms with Gasteiger partial charge in [0.05, 0.1) is 18.0 Å². The van der Waals surface area contributed by atoms with E-state index < -0.39 is 5.82 Å². The van der Waals surface area contributed by atoms with Crippen LogP contribution in [0.15, 0.2) is 65.8 Å². The van der Waals surface area contributed by atoms with Crippen LogP contribution >= 0.6 is 23.4 Å². The second-order valence-corrected chi connectivity index (χ2v) is 8.12.